The van der Waals surface area contributed by atoms with E-state index in [1.807, 2.05) is 41.8 Å². The molecule has 1 saturated carbocycles. The lowest BCUT2D eigenvalue weighted by Crippen LogP contribution is -2.46. The number of nitrogens with zero attached hydrogens (tertiary/aromatic N) is 1. The molecular weight excluding hydrogens is 420 g/mol. The average molecular weight is 449 g/mol. The molecule has 32 heavy (non-hydrogen) atoms. The summed E-state index contributed by atoms with van der Waals surface area (Å²) in [5.41, 5.74) is 4.77. The molecule has 0 radical (unpaired) electrons. The fourth-order valence-corrected chi connectivity index (χ4v) is 5.77. The second kappa shape index (κ2) is 9.28. The van der Waals surface area contributed by atoms with Crippen LogP contribution in [0.5, 0.6) is 0 Å². The van der Waals surface area contributed by atoms with E-state index in [4.69, 9.17) is 0 Å². The maximum absolute atomic E-state index is 13.0. The zero-order valence-electron chi connectivity index (χ0n) is 18.0. The van der Waals surface area contributed by atoms with Gasteiger partial charge >= 0.3 is 0 Å². The van der Waals surface area contributed by atoms with Crippen LogP contribution in [0.3, 0.4) is 0 Å². The lowest BCUT2D eigenvalue weighted by atomic mass is 9.90. The average Bonchev–Trinajstić information content (AvgIpc) is 3.47. The molecule has 0 bridgehead atoms. The van der Waals surface area contributed by atoms with Gasteiger partial charge in [-0.3, -0.25) is 14.7 Å². The van der Waals surface area contributed by atoms with Crippen LogP contribution >= 0.6 is 11.3 Å². The molecule has 6 nitrogen and oxygen atoms in total. The van der Waals surface area contributed by atoms with Crippen molar-refractivity contribution in [2.75, 3.05) is 0 Å². The second-order valence-electron chi connectivity index (χ2n) is 8.77. The summed E-state index contributed by atoms with van der Waals surface area (Å²) in [5, 5.41) is 15.7. The Hall–Kier alpha value is -2.93. The van der Waals surface area contributed by atoms with Gasteiger partial charge in [0.25, 0.3) is 11.8 Å². The number of carbonyl (C=O) groups excluding carboxylic acids is 2. The molecule has 7 heteroatoms. The van der Waals surface area contributed by atoms with E-state index in [1.165, 1.54) is 11.3 Å². The summed E-state index contributed by atoms with van der Waals surface area (Å²) in [6.07, 6.45) is 7.74. The number of rotatable bonds is 5. The summed E-state index contributed by atoms with van der Waals surface area (Å²) in [5.74, 6) is -0.122. The molecule has 2 aliphatic carbocycles. The number of carbonyl (C=O) groups is 2. The summed E-state index contributed by atoms with van der Waals surface area (Å²) in [7, 11) is 0. The number of aryl methyl sites for hydroxylation is 1. The number of fused-ring (bicyclic) bond motifs is 1. The van der Waals surface area contributed by atoms with Crippen LogP contribution in [-0.4, -0.2) is 34.1 Å². The van der Waals surface area contributed by atoms with E-state index < -0.39 is 0 Å². The van der Waals surface area contributed by atoms with Crippen LogP contribution < -0.4 is 10.6 Å². The van der Waals surface area contributed by atoms with Crippen molar-refractivity contribution in [2.45, 2.75) is 63.5 Å². The Balaban J connectivity index is 1.22. The van der Waals surface area contributed by atoms with Crippen LogP contribution in [0.1, 0.15) is 69.9 Å². The van der Waals surface area contributed by atoms with Crippen molar-refractivity contribution >= 4 is 23.2 Å². The van der Waals surface area contributed by atoms with E-state index in [9.17, 15) is 9.59 Å². The van der Waals surface area contributed by atoms with Gasteiger partial charge in [0.15, 0.2) is 5.69 Å². The Morgan fingerprint density at radius 1 is 0.938 bits per heavy atom. The Morgan fingerprint density at radius 2 is 1.69 bits per heavy atom. The quantitative estimate of drug-likeness (QED) is 0.538. The number of hydrogen-bond donors (Lipinski definition) is 3. The molecule has 5 rings (SSSR count). The van der Waals surface area contributed by atoms with Gasteiger partial charge in [-0.25, -0.2) is 0 Å². The zero-order valence-corrected chi connectivity index (χ0v) is 18.8. The Bertz CT molecular complexity index is 1100. The Morgan fingerprint density at radius 3 is 2.50 bits per heavy atom. The van der Waals surface area contributed by atoms with Crippen LogP contribution in [0.15, 0.2) is 41.8 Å². The first-order valence-corrected chi connectivity index (χ1v) is 12.4. The topological polar surface area (TPSA) is 86.9 Å². The minimum absolute atomic E-state index is 0.0304. The molecule has 1 aromatic carbocycles. The lowest BCUT2D eigenvalue weighted by Gasteiger charge is -2.30. The normalized spacial score (nSPS) is 20.4. The van der Waals surface area contributed by atoms with E-state index in [1.54, 1.807) is 0 Å². The van der Waals surface area contributed by atoms with Gasteiger partial charge in [-0.1, -0.05) is 30.3 Å². The first kappa shape index (κ1) is 20.9. The first-order valence-electron chi connectivity index (χ1n) is 11.5. The SMILES string of the molecule is O=C(NC1CCCC(NC(=O)c2sccc2-c2ccccc2)C1)c1n[nH]c2c1CCCC2. The highest BCUT2D eigenvalue weighted by atomic mass is 32.1. The molecule has 0 spiro atoms. The van der Waals surface area contributed by atoms with E-state index in [0.29, 0.717) is 5.69 Å². The minimum Gasteiger partial charge on any atom is -0.349 e. The molecule has 2 unspecified atom stereocenters. The highest BCUT2D eigenvalue weighted by Gasteiger charge is 2.28. The van der Waals surface area contributed by atoms with Crippen molar-refractivity contribution in [3.8, 4) is 11.1 Å². The first-order chi connectivity index (χ1) is 15.7. The molecule has 166 valence electrons. The van der Waals surface area contributed by atoms with Crippen LogP contribution in [0.2, 0.25) is 0 Å². The summed E-state index contributed by atoms with van der Waals surface area (Å²) in [4.78, 5) is 26.7. The van der Waals surface area contributed by atoms with Gasteiger partial charge in [-0.15, -0.1) is 11.3 Å². The molecule has 0 aliphatic heterocycles. The fraction of sp³-hybridized carbons (Fsp3) is 0.400. The van der Waals surface area contributed by atoms with E-state index in [-0.39, 0.29) is 23.9 Å². The third-order valence-electron chi connectivity index (χ3n) is 6.57. The summed E-state index contributed by atoms with van der Waals surface area (Å²) in [6, 6.07) is 12.1. The van der Waals surface area contributed by atoms with Gasteiger partial charge in [0.2, 0.25) is 0 Å². The van der Waals surface area contributed by atoms with Gasteiger partial charge < -0.3 is 10.6 Å². The Labute approximate surface area is 191 Å². The number of amides is 2. The largest absolute Gasteiger partial charge is 0.349 e. The van der Waals surface area contributed by atoms with Gasteiger partial charge in [0.1, 0.15) is 0 Å². The molecule has 2 atom stereocenters. The van der Waals surface area contributed by atoms with Crippen LogP contribution in [0.4, 0.5) is 0 Å². The molecule has 3 N–H and O–H groups in total. The van der Waals surface area contributed by atoms with E-state index in [2.05, 4.69) is 20.8 Å². The smallest absolute Gasteiger partial charge is 0.272 e. The minimum atomic E-state index is -0.0917. The summed E-state index contributed by atoms with van der Waals surface area (Å²) >= 11 is 1.47. The monoisotopic (exact) mass is 448 g/mol. The van der Waals surface area contributed by atoms with E-state index >= 15 is 0 Å². The number of hydrogen-bond acceptors (Lipinski definition) is 4. The van der Waals surface area contributed by atoms with Gasteiger partial charge in [-0.05, 0) is 68.4 Å². The van der Waals surface area contributed by atoms with E-state index in [0.717, 1.165) is 78.6 Å². The third kappa shape index (κ3) is 4.35. The predicted molar refractivity (Wildman–Crippen MR) is 126 cm³/mol. The summed E-state index contributed by atoms with van der Waals surface area (Å²) < 4.78 is 0. The fourth-order valence-electron chi connectivity index (χ4n) is 4.96. The zero-order chi connectivity index (χ0) is 21.9. The van der Waals surface area contributed by atoms with Crippen molar-refractivity contribution in [1.82, 2.24) is 20.8 Å². The molecular formula is C25H28N4O2S. The molecule has 2 aromatic heterocycles. The molecule has 3 aromatic rings. The number of nitrogens with one attached hydrogen (secondary N) is 3. The maximum atomic E-state index is 13.0. The van der Waals surface area contributed by atoms with Crippen LogP contribution in [0.25, 0.3) is 11.1 Å². The molecule has 2 aliphatic rings. The number of aromatic nitrogens is 2. The molecule has 1 fully saturated rings. The van der Waals surface area contributed by atoms with Gasteiger partial charge in [0, 0.05) is 28.9 Å². The highest BCUT2D eigenvalue weighted by molar-refractivity contribution is 7.12. The molecule has 2 heterocycles. The third-order valence-corrected chi connectivity index (χ3v) is 7.49. The van der Waals surface area contributed by atoms with Gasteiger partial charge in [-0.2, -0.15) is 5.10 Å². The van der Waals surface area contributed by atoms with Crippen molar-refractivity contribution in [3.63, 3.8) is 0 Å². The van der Waals surface area contributed by atoms with Crippen LogP contribution in [-0.2, 0) is 12.8 Å². The lowest BCUT2D eigenvalue weighted by molar-refractivity contribution is 0.0901. The highest BCUT2D eigenvalue weighted by Crippen LogP contribution is 2.29. The number of thiophene rings is 1. The standard InChI is InChI=1S/C25H28N4O2S/c30-24(22-20-11-4-5-12-21(20)28-29-22)26-17-9-6-10-18(15-17)27-25(31)23-19(13-14-32-23)16-7-2-1-3-8-16/h1-3,7-8,13-14,17-18H,4-6,9-12,15H2,(H,26,30)(H,27,31)(H,28,29). The second-order valence-corrected chi connectivity index (χ2v) is 9.69. The predicted octanol–water partition coefficient (Wildman–Crippen LogP) is 4.49. The number of aromatic amines is 1. The van der Waals surface area contributed by atoms with Crippen LogP contribution in [0, 0.1) is 0 Å². The van der Waals surface area contributed by atoms with Crippen molar-refractivity contribution < 1.29 is 9.59 Å². The maximum Gasteiger partial charge on any atom is 0.272 e. The number of H-pyrrole nitrogens is 1. The number of benzene rings is 1. The van der Waals surface area contributed by atoms with Gasteiger partial charge in [0.05, 0.1) is 4.88 Å². The van der Waals surface area contributed by atoms with Crippen molar-refractivity contribution in [3.05, 3.63) is 63.6 Å². The summed E-state index contributed by atoms with van der Waals surface area (Å²) in [6.45, 7) is 0. The Kier molecular flexibility index (Phi) is 6.08. The van der Waals surface area contributed by atoms with Crippen molar-refractivity contribution in [1.29, 1.82) is 0 Å². The molecule has 0 saturated heterocycles. The van der Waals surface area contributed by atoms with Crippen molar-refractivity contribution in [2.24, 2.45) is 0 Å². The molecule has 2 amide bonds.